The molecular formula is C25H16Cl4FNO3. The van der Waals surface area contributed by atoms with Crippen LogP contribution >= 0.6 is 46.4 Å². The van der Waals surface area contributed by atoms with E-state index in [-0.39, 0.29) is 23.3 Å². The van der Waals surface area contributed by atoms with Crippen LogP contribution in [-0.4, -0.2) is 22.3 Å². The number of carbonyl (C=O) groups is 3. The van der Waals surface area contributed by atoms with Crippen molar-refractivity contribution in [2.45, 2.75) is 16.7 Å². The van der Waals surface area contributed by atoms with E-state index in [0.717, 1.165) is 0 Å². The quantitative estimate of drug-likeness (QED) is 0.202. The molecule has 0 heterocycles. The Kier molecular flexibility index (Phi) is 7.02. The first-order valence-corrected chi connectivity index (χ1v) is 11.6. The predicted octanol–water partition coefficient (Wildman–Crippen LogP) is 6.90. The van der Waals surface area contributed by atoms with Gasteiger partial charge in [0.2, 0.25) is 5.91 Å². The summed E-state index contributed by atoms with van der Waals surface area (Å²) in [5.74, 6) is -2.54. The Hall–Kier alpha value is -2.44. The van der Waals surface area contributed by atoms with Crippen molar-refractivity contribution in [2.24, 2.45) is 5.92 Å². The summed E-state index contributed by atoms with van der Waals surface area (Å²) < 4.78 is 11.8. The molecule has 2 unspecified atom stereocenters. The molecule has 4 rings (SSSR count). The molecule has 1 saturated carbocycles. The normalized spacial score (nSPS) is 18.3. The minimum atomic E-state index is -1.36. The van der Waals surface area contributed by atoms with Gasteiger partial charge in [0.1, 0.15) is 10.2 Å². The van der Waals surface area contributed by atoms with Crippen LogP contribution in [0.2, 0.25) is 10.0 Å². The number of Topliss-reactive ketones (excluding diaryl/α,β-unsaturated/α-hetero) is 1. The number of amides is 1. The van der Waals surface area contributed by atoms with Crippen LogP contribution in [0, 0.1) is 11.7 Å². The van der Waals surface area contributed by atoms with Gasteiger partial charge in [-0.1, -0.05) is 35.3 Å². The smallest absolute Gasteiger partial charge is 0.231 e. The van der Waals surface area contributed by atoms with Crippen LogP contribution in [0.5, 0.6) is 0 Å². The largest absolute Gasteiger partial charge is 0.326 e. The highest BCUT2D eigenvalue weighted by atomic mass is 35.5. The summed E-state index contributed by atoms with van der Waals surface area (Å²) in [5.41, 5.74) is 1.83. The summed E-state index contributed by atoms with van der Waals surface area (Å²) in [7, 11) is 0. The number of ketones is 1. The van der Waals surface area contributed by atoms with Gasteiger partial charge in [-0.3, -0.25) is 14.4 Å². The number of anilines is 1. The van der Waals surface area contributed by atoms with Gasteiger partial charge in [0.05, 0.1) is 5.92 Å². The van der Waals surface area contributed by atoms with Crippen molar-refractivity contribution >= 4 is 70.1 Å². The van der Waals surface area contributed by atoms with E-state index in [1.807, 2.05) is 0 Å². The summed E-state index contributed by atoms with van der Waals surface area (Å²) in [6, 6.07) is 14.7. The topological polar surface area (TPSA) is 63.2 Å². The maximum Gasteiger partial charge on any atom is 0.231 e. The fourth-order valence-electron chi connectivity index (χ4n) is 3.90. The van der Waals surface area contributed by atoms with Crippen molar-refractivity contribution < 1.29 is 18.8 Å². The Labute approximate surface area is 215 Å². The Bertz CT molecular complexity index is 1270. The van der Waals surface area contributed by atoms with E-state index in [2.05, 4.69) is 5.32 Å². The molecule has 3 aromatic rings. The molecule has 1 amide bonds. The molecule has 0 aromatic heterocycles. The standard InChI is InChI=1S/C25H16Cl4FNO3/c26-16-8-15(9-17(27)10-16)22-23(25(22,28)29)24(34)31-19-6-3-14(12-32)20(11-19)21(33)7-13-1-4-18(30)5-2-13/h1-6,8-12,22-23H,7H2,(H,31,34). The lowest BCUT2D eigenvalue weighted by molar-refractivity contribution is -0.117. The van der Waals surface area contributed by atoms with Gasteiger partial charge >= 0.3 is 0 Å². The van der Waals surface area contributed by atoms with E-state index in [1.165, 1.54) is 42.5 Å². The fourth-order valence-corrected chi connectivity index (χ4v) is 5.27. The number of alkyl halides is 2. The van der Waals surface area contributed by atoms with Crippen molar-refractivity contribution in [2.75, 3.05) is 5.32 Å². The van der Waals surface area contributed by atoms with E-state index in [0.29, 0.717) is 33.1 Å². The average molecular weight is 539 g/mol. The molecule has 0 spiro atoms. The zero-order chi connectivity index (χ0) is 24.6. The first kappa shape index (κ1) is 24.7. The van der Waals surface area contributed by atoms with Gasteiger partial charge in [0.25, 0.3) is 0 Å². The van der Waals surface area contributed by atoms with Crippen molar-refractivity contribution in [3.05, 3.63) is 98.8 Å². The van der Waals surface area contributed by atoms with E-state index >= 15 is 0 Å². The Morgan fingerprint density at radius 3 is 2.24 bits per heavy atom. The van der Waals surface area contributed by atoms with Gasteiger partial charge in [-0.05, 0) is 59.7 Å². The lowest BCUT2D eigenvalue weighted by atomic mass is 9.98. The number of nitrogens with one attached hydrogen (secondary N) is 1. The number of rotatable bonds is 7. The third kappa shape index (κ3) is 5.13. The van der Waals surface area contributed by atoms with Gasteiger partial charge in [0, 0.05) is 39.2 Å². The highest BCUT2D eigenvalue weighted by Gasteiger charge is 2.67. The van der Waals surface area contributed by atoms with E-state index < -0.39 is 27.9 Å². The van der Waals surface area contributed by atoms with Gasteiger partial charge in [0.15, 0.2) is 12.1 Å². The summed E-state index contributed by atoms with van der Waals surface area (Å²) in [4.78, 5) is 37.3. The lowest BCUT2D eigenvalue weighted by Gasteiger charge is -2.10. The number of halogens is 5. The molecule has 1 aliphatic carbocycles. The predicted molar refractivity (Wildman–Crippen MR) is 132 cm³/mol. The molecule has 1 aliphatic rings. The zero-order valence-corrected chi connectivity index (χ0v) is 20.4. The molecule has 2 atom stereocenters. The summed E-state index contributed by atoms with van der Waals surface area (Å²) in [6.45, 7) is 0. The highest BCUT2D eigenvalue weighted by molar-refractivity contribution is 6.53. The van der Waals surface area contributed by atoms with Crippen LogP contribution < -0.4 is 5.32 Å². The number of aldehydes is 1. The molecule has 0 saturated heterocycles. The molecule has 0 bridgehead atoms. The third-order valence-corrected chi connectivity index (χ3v) is 6.98. The van der Waals surface area contributed by atoms with Crippen molar-refractivity contribution in [3.63, 3.8) is 0 Å². The molecule has 0 radical (unpaired) electrons. The first-order valence-electron chi connectivity index (χ1n) is 10.1. The SMILES string of the molecule is O=Cc1ccc(NC(=O)C2C(c3cc(Cl)cc(Cl)c3)C2(Cl)Cl)cc1C(=O)Cc1ccc(F)cc1. The zero-order valence-electron chi connectivity index (χ0n) is 17.3. The van der Waals surface area contributed by atoms with Gasteiger partial charge in [-0.2, -0.15) is 0 Å². The van der Waals surface area contributed by atoms with Crippen LogP contribution in [-0.2, 0) is 11.2 Å². The second kappa shape index (κ2) is 9.67. The lowest BCUT2D eigenvalue weighted by Crippen LogP contribution is -2.18. The van der Waals surface area contributed by atoms with E-state index in [1.54, 1.807) is 18.2 Å². The Morgan fingerprint density at radius 1 is 0.971 bits per heavy atom. The highest BCUT2D eigenvalue weighted by Crippen LogP contribution is 2.65. The summed E-state index contributed by atoms with van der Waals surface area (Å²) in [6.07, 6.45) is 0.525. The third-order valence-electron chi connectivity index (χ3n) is 5.61. The monoisotopic (exact) mass is 537 g/mol. The Morgan fingerprint density at radius 2 is 1.62 bits per heavy atom. The van der Waals surface area contributed by atoms with Crippen LogP contribution in [0.1, 0.15) is 37.8 Å². The molecule has 34 heavy (non-hydrogen) atoms. The summed E-state index contributed by atoms with van der Waals surface area (Å²) >= 11 is 24.9. The molecule has 0 aliphatic heterocycles. The van der Waals surface area contributed by atoms with Gasteiger partial charge in [-0.25, -0.2) is 4.39 Å². The van der Waals surface area contributed by atoms with Crippen LogP contribution in [0.15, 0.2) is 60.7 Å². The molecule has 4 nitrogen and oxygen atoms in total. The fraction of sp³-hybridized carbons (Fsp3) is 0.160. The molecule has 174 valence electrons. The van der Waals surface area contributed by atoms with Crippen molar-refractivity contribution in [1.82, 2.24) is 0 Å². The van der Waals surface area contributed by atoms with E-state index in [4.69, 9.17) is 46.4 Å². The molecule has 1 fully saturated rings. The molecule has 9 heteroatoms. The summed E-state index contributed by atoms with van der Waals surface area (Å²) in [5, 5.41) is 3.50. The second-order valence-electron chi connectivity index (χ2n) is 7.97. The van der Waals surface area contributed by atoms with Crippen LogP contribution in [0.4, 0.5) is 10.1 Å². The Balaban J connectivity index is 1.53. The minimum absolute atomic E-state index is 0.0365. The average Bonchev–Trinajstić information content (AvgIpc) is 3.36. The number of hydrogen-bond donors (Lipinski definition) is 1. The second-order valence-corrected chi connectivity index (χ2v) is 10.3. The van der Waals surface area contributed by atoms with Gasteiger partial charge in [-0.15, -0.1) is 23.2 Å². The maximum absolute atomic E-state index is 13.1. The van der Waals surface area contributed by atoms with Crippen LogP contribution in [0.25, 0.3) is 0 Å². The molecule has 3 aromatic carbocycles. The van der Waals surface area contributed by atoms with E-state index in [9.17, 15) is 18.8 Å². The minimum Gasteiger partial charge on any atom is -0.326 e. The first-order chi connectivity index (χ1) is 16.1. The number of hydrogen-bond acceptors (Lipinski definition) is 3. The maximum atomic E-state index is 13.1. The van der Waals surface area contributed by atoms with Crippen LogP contribution in [0.3, 0.4) is 0 Å². The number of carbonyl (C=O) groups excluding carboxylic acids is 3. The van der Waals surface area contributed by atoms with Crippen molar-refractivity contribution in [3.8, 4) is 0 Å². The van der Waals surface area contributed by atoms with Crippen molar-refractivity contribution in [1.29, 1.82) is 0 Å². The van der Waals surface area contributed by atoms with Gasteiger partial charge < -0.3 is 5.32 Å². The molecule has 1 N–H and O–H groups in total. The number of benzene rings is 3. The molecular weight excluding hydrogens is 523 g/mol.